The molecule has 0 saturated carbocycles. The Kier molecular flexibility index (Phi) is 3.61. The summed E-state index contributed by atoms with van der Waals surface area (Å²) in [6.45, 7) is 0. The van der Waals surface area contributed by atoms with Crippen LogP contribution >= 0.6 is 0 Å². The first-order valence-electron chi connectivity index (χ1n) is 6.23. The topological polar surface area (TPSA) is 136 Å². The van der Waals surface area contributed by atoms with Gasteiger partial charge in [-0.3, -0.25) is 8.78 Å². The normalized spacial score (nSPS) is 30.8. The molecule has 1 saturated heterocycles. The minimum absolute atomic E-state index is 0.137. The van der Waals surface area contributed by atoms with Crippen LogP contribution in [-0.4, -0.2) is 64.3 Å². The van der Waals surface area contributed by atoms with Crippen molar-refractivity contribution in [3.8, 4) is 0 Å². The summed E-state index contributed by atoms with van der Waals surface area (Å²) >= 11 is 0. The fraction of sp³-hybridized carbons (Fsp3) is 0.545. The Morgan fingerprint density at radius 3 is 2.86 bits per heavy atom. The maximum absolute atomic E-state index is 11.3. The molecule has 10 heteroatoms. The zero-order valence-corrected chi connectivity index (χ0v) is 12.0. The number of ether oxygens (including phenoxy) is 1. The number of nitrogen functional groups attached to an aromatic ring is 1. The summed E-state index contributed by atoms with van der Waals surface area (Å²) in [7, 11) is -1.15. The van der Waals surface area contributed by atoms with Crippen molar-refractivity contribution in [2.45, 2.75) is 24.5 Å². The van der Waals surface area contributed by atoms with E-state index in [2.05, 4.69) is 15.0 Å². The lowest BCUT2D eigenvalue weighted by atomic mass is 10.1. The molecule has 0 unspecified atom stereocenters. The van der Waals surface area contributed by atoms with Crippen LogP contribution in [0.2, 0.25) is 0 Å². The number of nitrogens with two attached hydrogens (primary N) is 1. The van der Waals surface area contributed by atoms with Gasteiger partial charge in [-0.05, 0) is 0 Å². The van der Waals surface area contributed by atoms with Crippen molar-refractivity contribution >= 4 is 27.8 Å². The van der Waals surface area contributed by atoms with Gasteiger partial charge in [0, 0.05) is 17.1 Å². The predicted molar refractivity (Wildman–Crippen MR) is 74.6 cm³/mol. The van der Waals surface area contributed by atoms with Crippen molar-refractivity contribution in [1.29, 1.82) is 0 Å². The van der Waals surface area contributed by atoms with Crippen LogP contribution in [0.4, 0.5) is 5.82 Å². The van der Waals surface area contributed by atoms with Gasteiger partial charge in [0.25, 0.3) is 0 Å². The van der Waals surface area contributed by atoms with E-state index in [1.54, 1.807) is 0 Å². The highest BCUT2D eigenvalue weighted by atomic mass is 32.2. The van der Waals surface area contributed by atoms with E-state index in [1.807, 2.05) is 0 Å². The van der Waals surface area contributed by atoms with Gasteiger partial charge in [-0.15, -0.1) is 0 Å². The largest absolute Gasteiger partial charge is 0.387 e. The number of anilines is 1. The zero-order valence-electron chi connectivity index (χ0n) is 11.2. The average Bonchev–Trinajstić information content (AvgIpc) is 2.96. The predicted octanol–water partition coefficient (Wildman–Crippen LogP) is -1.59. The van der Waals surface area contributed by atoms with E-state index in [1.165, 1.54) is 23.5 Å². The van der Waals surface area contributed by atoms with E-state index in [0.29, 0.717) is 11.2 Å². The smallest absolute Gasteiger partial charge is 0.167 e. The van der Waals surface area contributed by atoms with Gasteiger partial charge in [0.15, 0.2) is 17.7 Å². The molecular formula is C11H15N5O4S. The van der Waals surface area contributed by atoms with Gasteiger partial charge in [-0.1, -0.05) is 0 Å². The Morgan fingerprint density at radius 2 is 2.14 bits per heavy atom. The molecule has 0 amide bonds. The standard InChI is InChI=1S/C11H15N5O4S/c1-21(19)2-5-7(17)8(18)11(20-5)16-4-15-6-9(12)13-3-14-10(6)16/h3-5,7-8,11,17-18H,2H2,1H3,(H2,12,13,14)/t5-,7-,8-,11-,21-/m1/s1. The second kappa shape index (κ2) is 5.30. The molecule has 1 fully saturated rings. The molecule has 0 aliphatic carbocycles. The molecule has 5 atom stereocenters. The Morgan fingerprint density at radius 1 is 1.38 bits per heavy atom. The van der Waals surface area contributed by atoms with E-state index in [9.17, 15) is 14.4 Å². The maximum Gasteiger partial charge on any atom is 0.167 e. The fourth-order valence-electron chi connectivity index (χ4n) is 2.38. The van der Waals surface area contributed by atoms with E-state index >= 15 is 0 Å². The van der Waals surface area contributed by atoms with Gasteiger partial charge in [-0.2, -0.15) is 0 Å². The summed E-state index contributed by atoms with van der Waals surface area (Å²) < 4.78 is 18.4. The van der Waals surface area contributed by atoms with Crippen molar-refractivity contribution in [1.82, 2.24) is 19.5 Å². The number of aromatic nitrogens is 4. The van der Waals surface area contributed by atoms with Crippen LogP contribution in [0.5, 0.6) is 0 Å². The highest BCUT2D eigenvalue weighted by Crippen LogP contribution is 2.32. The van der Waals surface area contributed by atoms with Crippen LogP contribution in [0, 0.1) is 0 Å². The zero-order chi connectivity index (χ0) is 15.1. The summed E-state index contributed by atoms with van der Waals surface area (Å²) in [6, 6.07) is 0. The summed E-state index contributed by atoms with van der Waals surface area (Å²) in [5, 5.41) is 20.1. The highest BCUT2D eigenvalue weighted by molar-refractivity contribution is 7.84. The van der Waals surface area contributed by atoms with Crippen LogP contribution in [0.3, 0.4) is 0 Å². The number of aliphatic hydroxyl groups is 2. The van der Waals surface area contributed by atoms with Crippen LogP contribution in [0.25, 0.3) is 11.2 Å². The first-order chi connectivity index (χ1) is 9.99. The summed E-state index contributed by atoms with van der Waals surface area (Å²) in [5.41, 5.74) is 6.50. The van der Waals surface area contributed by atoms with Crippen LogP contribution < -0.4 is 5.73 Å². The third-order valence-corrected chi connectivity index (χ3v) is 4.20. The molecule has 4 N–H and O–H groups in total. The number of hydrogen-bond donors (Lipinski definition) is 3. The van der Waals surface area contributed by atoms with Crippen molar-refractivity contribution in [2.24, 2.45) is 0 Å². The fourth-order valence-corrected chi connectivity index (χ4v) is 3.12. The lowest BCUT2D eigenvalue weighted by molar-refractivity contribution is -0.0290. The maximum atomic E-state index is 11.3. The first kappa shape index (κ1) is 14.3. The third-order valence-electron chi connectivity index (χ3n) is 3.40. The Balaban J connectivity index is 1.96. The monoisotopic (exact) mass is 313 g/mol. The molecule has 21 heavy (non-hydrogen) atoms. The van der Waals surface area contributed by atoms with Gasteiger partial charge >= 0.3 is 0 Å². The minimum atomic E-state index is -1.17. The van der Waals surface area contributed by atoms with Crippen molar-refractivity contribution in [2.75, 3.05) is 17.7 Å². The van der Waals surface area contributed by atoms with Crippen molar-refractivity contribution in [3.05, 3.63) is 12.7 Å². The van der Waals surface area contributed by atoms with Crippen molar-refractivity contribution in [3.63, 3.8) is 0 Å². The Labute approximate surface area is 122 Å². The molecule has 0 spiro atoms. The molecule has 0 radical (unpaired) electrons. The number of aliphatic hydroxyl groups excluding tert-OH is 2. The number of imidazole rings is 1. The first-order valence-corrected chi connectivity index (χ1v) is 7.96. The number of nitrogens with zero attached hydrogens (tertiary/aromatic N) is 4. The molecule has 0 bridgehead atoms. The summed E-state index contributed by atoms with van der Waals surface area (Å²) in [6.07, 6.45) is 0.326. The quantitative estimate of drug-likeness (QED) is 0.616. The number of fused-ring (bicyclic) bond motifs is 1. The van der Waals surface area contributed by atoms with Crippen molar-refractivity contribution < 1.29 is 19.2 Å². The van der Waals surface area contributed by atoms with Gasteiger partial charge in [0.2, 0.25) is 0 Å². The average molecular weight is 313 g/mol. The number of hydrogen-bond acceptors (Lipinski definition) is 8. The molecule has 3 heterocycles. The lowest BCUT2D eigenvalue weighted by Gasteiger charge is -2.16. The van der Waals surface area contributed by atoms with Crippen LogP contribution in [0.1, 0.15) is 6.23 Å². The molecule has 1 aliphatic rings. The van der Waals surface area contributed by atoms with Gasteiger partial charge in [-0.25, -0.2) is 15.0 Å². The van der Waals surface area contributed by atoms with E-state index in [4.69, 9.17) is 10.5 Å². The van der Waals surface area contributed by atoms with Gasteiger partial charge in [0.05, 0.1) is 12.1 Å². The SMILES string of the molecule is C[S@@](=O)C[C@H]1O[C@@H](n2cnc3c(N)ncnc32)[C@H](O)[C@@H]1O. The van der Waals surface area contributed by atoms with E-state index in [0.717, 1.165) is 0 Å². The molecular weight excluding hydrogens is 298 g/mol. The second-order valence-electron chi connectivity index (χ2n) is 4.87. The second-order valence-corrected chi connectivity index (χ2v) is 6.35. The number of rotatable bonds is 3. The highest BCUT2D eigenvalue weighted by Gasteiger charge is 2.44. The minimum Gasteiger partial charge on any atom is -0.387 e. The van der Waals surface area contributed by atoms with Crippen LogP contribution in [-0.2, 0) is 15.5 Å². The third kappa shape index (κ3) is 2.39. The Bertz CT molecular complexity index is 692. The molecule has 2 aromatic rings. The summed E-state index contributed by atoms with van der Waals surface area (Å²) in [4.78, 5) is 12.0. The van der Waals surface area contributed by atoms with Gasteiger partial charge in [0.1, 0.15) is 30.2 Å². The molecule has 0 aromatic carbocycles. The van der Waals surface area contributed by atoms with Crippen LogP contribution in [0.15, 0.2) is 12.7 Å². The molecule has 114 valence electrons. The van der Waals surface area contributed by atoms with E-state index in [-0.39, 0.29) is 11.6 Å². The molecule has 1 aliphatic heterocycles. The Hall–Kier alpha value is -1.62. The van der Waals surface area contributed by atoms with E-state index < -0.39 is 35.3 Å². The molecule has 2 aromatic heterocycles. The van der Waals surface area contributed by atoms with Gasteiger partial charge < -0.3 is 20.7 Å². The lowest BCUT2D eigenvalue weighted by Crippen LogP contribution is -2.34. The molecule has 3 rings (SSSR count). The summed E-state index contributed by atoms with van der Waals surface area (Å²) in [5.74, 6) is 0.358. The molecule has 9 nitrogen and oxygen atoms in total.